The molecule has 1 aliphatic heterocycles. The number of nitro groups is 1. The molecule has 0 saturated carbocycles. The van der Waals surface area contributed by atoms with Crippen molar-refractivity contribution in [3.8, 4) is 6.07 Å². The van der Waals surface area contributed by atoms with Gasteiger partial charge in [-0.05, 0) is 25.8 Å². The highest BCUT2D eigenvalue weighted by Crippen LogP contribution is 2.18. The van der Waals surface area contributed by atoms with Crippen LogP contribution in [0.1, 0.15) is 24.8 Å². The van der Waals surface area contributed by atoms with Crippen molar-refractivity contribution in [2.75, 3.05) is 18.4 Å². The van der Waals surface area contributed by atoms with Crippen LogP contribution < -0.4 is 10.6 Å². The zero-order chi connectivity index (χ0) is 13.7. The summed E-state index contributed by atoms with van der Waals surface area (Å²) in [7, 11) is 0. The molecule has 19 heavy (non-hydrogen) atoms. The van der Waals surface area contributed by atoms with E-state index < -0.39 is 4.92 Å². The Bertz CT molecular complexity index is 505. The van der Waals surface area contributed by atoms with Crippen molar-refractivity contribution in [2.45, 2.75) is 25.3 Å². The second-order valence-electron chi connectivity index (χ2n) is 4.47. The molecule has 1 atom stereocenters. The Labute approximate surface area is 110 Å². The number of pyridine rings is 1. The molecule has 2 heterocycles. The van der Waals surface area contributed by atoms with E-state index in [1.54, 1.807) is 0 Å². The van der Waals surface area contributed by atoms with E-state index in [4.69, 9.17) is 5.26 Å². The van der Waals surface area contributed by atoms with Crippen molar-refractivity contribution in [3.63, 3.8) is 0 Å². The maximum Gasteiger partial charge on any atom is 0.289 e. The van der Waals surface area contributed by atoms with Gasteiger partial charge in [-0.3, -0.25) is 10.1 Å². The van der Waals surface area contributed by atoms with Crippen LogP contribution in [-0.2, 0) is 0 Å². The summed E-state index contributed by atoms with van der Waals surface area (Å²) in [5, 5.41) is 26.0. The van der Waals surface area contributed by atoms with E-state index in [0.717, 1.165) is 19.2 Å². The predicted molar refractivity (Wildman–Crippen MR) is 69.7 cm³/mol. The van der Waals surface area contributed by atoms with Crippen molar-refractivity contribution >= 4 is 11.5 Å². The first-order chi connectivity index (χ1) is 9.20. The zero-order valence-electron chi connectivity index (χ0n) is 10.4. The number of nitrogens with one attached hydrogen (secondary N) is 2. The quantitative estimate of drug-likeness (QED) is 0.613. The molecule has 1 unspecified atom stereocenters. The minimum atomic E-state index is -0.555. The molecule has 0 aliphatic carbocycles. The Morgan fingerprint density at radius 1 is 1.68 bits per heavy atom. The summed E-state index contributed by atoms with van der Waals surface area (Å²) < 4.78 is 0. The van der Waals surface area contributed by atoms with Crippen LogP contribution in [0.3, 0.4) is 0 Å². The van der Waals surface area contributed by atoms with Gasteiger partial charge in [-0.25, -0.2) is 4.98 Å². The van der Waals surface area contributed by atoms with Gasteiger partial charge in [0.05, 0.1) is 4.92 Å². The first kappa shape index (κ1) is 13.2. The third-order valence-corrected chi connectivity index (χ3v) is 3.15. The van der Waals surface area contributed by atoms with Crippen LogP contribution in [-0.4, -0.2) is 29.0 Å². The Morgan fingerprint density at radius 3 is 3.16 bits per heavy atom. The molecule has 1 aliphatic rings. The molecule has 0 bridgehead atoms. The number of hydrogen-bond donors (Lipinski definition) is 2. The largest absolute Gasteiger partial charge is 0.369 e. The molecule has 1 aromatic heterocycles. The van der Waals surface area contributed by atoms with Crippen LogP contribution >= 0.6 is 0 Å². The molecular formula is C12H15N5O2. The lowest BCUT2D eigenvalue weighted by Crippen LogP contribution is -2.24. The summed E-state index contributed by atoms with van der Waals surface area (Å²) in [5.74, 6) is 0.408. The first-order valence-electron chi connectivity index (χ1n) is 6.22. The minimum Gasteiger partial charge on any atom is -0.369 e. The van der Waals surface area contributed by atoms with Gasteiger partial charge in [0.15, 0.2) is 0 Å². The maximum atomic E-state index is 10.6. The van der Waals surface area contributed by atoms with E-state index >= 15 is 0 Å². The average Bonchev–Trinajstić information content (AvgIpc) is 2.92. The third kappa shape index (κ3) is 3.39. The van der Waals surface area contributed by atoms with Crippen LogP contribution in [0, 0.1) is 21.4 Å². The maximum absolute atomic E-state index is 10.6. The molecule has 7 heteroatoms. The highest BCUT2D eigenvalue weighted by atomic mass is 16.6. The lowest BCUT2D eigenvalue weighted by atomic mass is 10.1. The molecule has 0 aromatic carbocycles. The number of nitrogens with zero attached hydrogens (tertiary/aromatic N) is 3. The fraction of sp³-hybridized carbons (Fsp3) is 0.500. The van der Waals surface area contributed by atoms with E-state index in [0.29, 0.717) is 18.4 Å². The van der Waals surface area contributed by atoms with Gasteiger partial charge in [-0.1, -0.05) is 0 Å². The Kier molecular flexibility index (Phi) is 4.26. The third-order valence-electron chi connectivity index (χ3n) is 3.15. The molecule has 2 rings (SSSR count). The van der Waals surface area contributed by atoms with E-state index in [1.807, 2.05) is 6.07 Å². The first-order valence-corrected chi connectivity index (χ1v) is 6.22. The molecule has 2 N–H and O–H groups in total. The second-order valence-corrected chi connectivity index (χ2v) is 4.47. The zero-order valence-corrected chi connectivity index (χ0v) is 10.4. The number of hydrogen-bond acceptors (Lipinski definition) is 6. The van der Waals surface area contributed by atoms with Crippen molar-refractivity contribution in [2.24, 2.45) is 0 Å². The monoisotopic (exact) mass is 261 g/mol. The van der Waals surface area contributed by atoms with Gasteiger partial charge in [-0.15, -0.1) is 0 Å². The molecule has 100 valence electrons. The van der Waals surface area contributed by atoms with Crippen LogP contribution in [0.2, 0.25) is 0 Å². The van der Waals surface area contributed by atoms with Gasteiger partial charge >= 0.3 is 0 Å². The Balaban J connectivity index is 1.95. The molecular weight excluding hydrogens is 246 g/mol. The van der Waals surface area contributed by atoms with Crippen LogP contribution in [0.5, 0.6) is 0 Å². The van der Waals surface area contributed by atoms with E-state index in [2.05, 4.69) is 15.6 Å². The average molecular weight is 261 g/mol. The van der Waals surface area contributed by atoms with Crippen molar-refractivity contribution in [1.82, 2.24) is 10.3 Å². The summed E-state index contributed by atoms with van der Waals surface area (Å²) >= 11 is 0. The summed E-state index contributed by atoms with van der Waals surface area (Å²) in [6.07, 6.45) is 4.48. The number of aromatic nitrogens is 1. The molecule has 1 aromatic rings. The fourth-order valence-corrected chi connectivity index (χ4v) is 2.15. The summed E-state index contributed by atoms with van der Waals surface area (Å²) in [6.45, 7) is 1.75. The minimum absolute atomic E-state index is 0.167. The fourth-order valence-electron chi connectivity index (χ4n) is 2.15. The van der Waals surface area contributed by atoms with Gasteiger partial charge in [-0.2, -0.15) is 5.26 Å². The van der Waals surface area contributed by atoms with Crippen molar-refractivity contribution in [1.29, 1.82) is 5.26 Å². The van der Waals surface area contributed by atoms with Gasteiger partial charge < -0.3 is 10.6 Å². The van der Waals surface area contributed by atoms with Crippen LogP contribution in [0.4, 0.5) is 11.5 Å². The number of rotatable bonds is 5. The SMILES string of the molecule is N#Cc1cc([N+](=O)[O-])cnc1NCCC1CCCN1. The molecule has 0 spiro atoms. The van der Waals surface area contributed by atoms with Gasteiger partial charge in [0.2, 0.25) is 0 Å². The van der Waals surface area contributed by atoms with E-state index in [1.165, 1.54) is 18.9 Å². The lowest BCUT2D eigenvalue weighted by Gasteiger charge is -2.11. The van der Waals surface area contributed by atoms with Crippen molar-refractivity contribution < 1.29 is 4.92 Å². The second kappa shape index (κ2) is 6.11. The summed E-state index contributed by atoms with van der Waals surface area (Å²) in [4.78, 5) is 14.0. The van der Waals surface area contributed by atoms with Crippen LogP contribution in [0.25, 0.3) is 0 Å². The number of nitriles is 1. The Morgan fingerprint density at radius 2 is 2.53 bits per heavy atom. The molecule has 0 amide bonds. The smallest absolute Gasteiger partial charge is 0.289 e. The standard InChI is InChI=1S/C12H15N5O2/c13-7-9-6-11(17(18)19)8-16-12(9)15-5-3-10-2-1-4-14-10/h6,8,10,14H,1-5H2,(H,15,16). The highest BCUT2D eigenvalue weighted by Gasteiger charge is 2.15. The molecule has 1 saturated heterocycles. The van der Waals surface area contributed by atoms with E-state index in [-0.39, 0.29) is 11.3 Å². The molecule has 1 fully saturated rings. The lowest BCUT2D eigenvalue weighted by molar-refractivity contribution is -0.385. The topological polar surface area (TPSA) is 104 Å². The summed E-state index contributed by atoms with van der Waals surface area (Å²) in [5.41, 5.74) is 0.0353. The van der Waals surface area contributed by atoms with Gasteiger partial charge in [0.1, 0.15) is 23.6 Å². The van der Waals surface area contributed by atoms with Crippen molar-refractivity contribution in [3.05, 3.63) is 27.9 Å². The normalized spacial score (nSPS) is 17.9. The van der Waals surface area contributed by atoms with Gasteiger partial charge in [0, 0.05) is 18.7 Å². The number of anilines is 1. The van der Waals surface area contributed by atoms with Gasteiger partial charge in [0.25, 0.3) is 5.69 Å². The van der Waals surface area contributed by atoms with Crippen LogP contribution in [0.15, 0.2) is 12.3 Å². The molecule has 7 nitrogen and oxygen atoms in total. The summed E-state index contributed by atoms with van der Waals surface area (Å²) in [6, 6.07) is 3.67. The predicted octanol–water partition coefficient (Wildman–Crippen LogP) is 1.42. The van der Waals surface area contributed by atoms with E-state index in [9.17, 15) is 10.1 Å². The Hall–Kier alpha value is -2.20. The molecule has 0 radical (unpaired) electrons. The highest BCUT2D eigenvalue weighted by molar-refractivity contribution is 5.55.